The fourth-order valence-corrected chi connectivity index (χ4v) is 3.19. The third-order valence-electron chi connectivity index (χ3n) is 3.86. The van der Waals surface area contributed by atoms with E-state index in [1.807, 2.05) is 0 Å². The molecule has 2 N–H and O–H groups in total. The van der Waals surface area contributed by atoms with E-state index in [-0.39, 0.29) is 24.9 Å². The van der Waals surface area contributed by atoms with Gasteiger partial charge in [0.05, 0.1) is 10.0 Å². The molecule has 162 valence electrons. The summed E-state index contributed by atoms with van der Waals surface area (Å²) < 4.78 is 11.1. The molecule has 0 spiro atoms. The maximum Gasteiger partial charge on any atom is 0.260 e. The van der Waals surface area contributed by atoms with Gasteiger partial charge in [-0.1, -0.05) is 46.4 Å². The van der Waals surface area contributed by atoms with Crippen molar-refractivity contribution in [2.45, 2.75) is 26.1 Å². The van der Waals surface area contributed by atoms with E-state index in [0.29, 0.717) is 31.6 Å². The molecule has 2 aromatic rings. The zero-order chi connectivity index (χ0) is 22.3. The van der Waals surface area contributed by atoms with E-state index in [2.05, 4.69) is 10.6 Å². The van der Waals surface area contributed by atoms with E-state index in [9.17, 15) is 9.59 Å². The average molecular weight is 494 g/mol. The minimum Gasteiger partial charge on any atom is -0.479 e. The minimum atomic E-state index is -0.784. The van der Waals surface area contributed by atoms with Gasteiger partial charge in [-0.15, -0.1) is 0 Å². The van der Waals surface area contributed by atoms with Crippen molar-refractivity contribution >= 4 is 58.2 Å². The number of amides is 2. The molecule has 2 amide bonds. The minimum absolute atomic E-state index is 0.209. The SMILES string of the molecule is C[C@H](Oc1ccc(Cl)cc1Cl)C(=O)NCCNC(=O)[C@@H](C)Oc1ccc(Cl)cc1Cl. The Bertz CT molecular complexity index is 837. The molecule has 0 aliphatic heterocycles. The number of rotatable bonds is 9. The molecule has 0 aromatic heterocycles. The van der Waals surface area contributed by atoms with E-state index in [1.54, 1.807) is 38.1 Å². The first kappa shape index (κ1) is 24.4. The number of carbonyl (C=O) groups is 2. The second kappa shape index (κ2) is 11.5. The summed E-state index contributed by atoms with van der Waals surface area (Å²) in [5, 5.41) is 6.89. The molecule has 0 unspecified atom stereocenters. The Labute approximate surface area is 194 Å². The smallest absolute Gasteiger partial charge is 0.260 e. The van der Waals surface area contributed by atoms with Crippen LogP contribution >= 0.6 is 46.4 Å². The number of carbonyl (C=O) groups excluding carboxylic acids is 2. The molecule has 2 aromatic carbocycles. The Morgan fingerprint density at radius 2 is 1.13 bits per heavy atom. The maximum absolute atomic E-state index is 12.1. The first-order valence-corrected chi connectivity index (χ1v) is 10.5. The van der Waals surface area contributed by atoms with Crippen molar-refractivity contribution in [3.05, 3.63) is 56.5 Å². The standard InChI is InChI=1S/C20H20Cl4N2O4/c1-11(29-17-5-3-13(21)9-15(17)23)19(27)25-7-8-26-20(28)12(2)30-18-6-4-14(22)10-16(18)24/h3-6,9-12H,7-8H2,1-2H3,(H,25,27)(H,26,28)/t11-,12+. The van der Waals surface area contributed by atoms with Gasteiger partial charge in [-0.2, -0.15) is 0 Å². The summed E-state index contributed by atoms with van der Waals surface area (Å²) in [5.41, 5.74) is 0. The molecular formula is C20H20Cl4N2O4. The first-order chi connectivity index (χ1) is 14.2. The summed E-state index contributed by atoms with van der Waals surface area (Å²) in [6.45, 7) is 3.59. The van der Waals surface area contributed by atoms with Gasteiger partial charge in [0.1, 0.15) is 11.5 Å². The van der Waals surface area contributed by atoms with Gasteiger partial charge in [0.2, 0.25) is 0 Å². The fourth-order valence-electron chi connectivity index (χ4n) is 2.29. The van der Waals surface area contributed by atoms with Crippen molar-refractivity contribution < 1.29 is 19.1 Å². The highest BCUT2D eigenvalue weighted by Gasteiger charge is 2.18. The number of hydrogen-bond acceptors (Lipinski definition) is 4. The van der Waals surface area contributed by atoms with Gasteiger partial charge >= 0.3 is 0 Å². The Morgan fingerprint density at radius 1 is 0.767 bits per heavy atom. The molecular weight excluding hydrogens is 474 g/mol. The zero-order valence-electron chi connectivity index (χ0n) is 16.2. The molecule has 0 saturated heterocycles. The molecule has 0 saturated carbocycles. The molecule has 2 rings (SSSR count). The fraction of sp³-hybridized carbons (Fsp3) is 0.300. The summed E-state index contributed by atoms with van der Waals surface area (Å²) in [6, 6.07) is 9.46. The lowest BCUT2D eigenvalue weighted by Gasteiger charge is -2.17. The van der Waals surface area contributed by atoms with E-state index in [0.717, 1.165) is 0 Å². The van der Waals surface area contributed by atoms with Crippen LogP contribution in [-0.2, 0) is 9.59 Å². The van der Waals surface area contributed by atoms with Gasteiger partial charge in [-0.3, -0.25) is 9.59 Å². The van der Waals surface area contributed by atoms with Crippen molar-refractivity contribution in [3.8, 4) is 11.5 Å². The predicted octanol–water partition coefficient (Wildman–Crippen LogP) is 4.77. The number of nitrogens with one attached hydrogen (secondary N) is 2. The second-order valence-electron chi connectivity index (χ2n) is 6.25. The van der Waals surface area contributed by atoms with Gasteiger partial charge in [-0.05, 0) is 50.2 Å². The Balaban J connectivity index is 1.72. The summed E-state index contributed by atoms with van der Waals surface area (Å²) in [7, 11) is 0. The van der Waals surface area contributed by atoms with Crippen LogP contribution in [0.3, 0.4) is 0 Å². The third-order valence-corrected chi connectivity index (χ3v) is 4.92. The lowest BCUT2D eigenvalue weighted by Crippen LogP contribution is -2.43. The van der Waals surface area contributed by atoms with Crippen LogP contribution in [0.4, 0.5) is 0 Å². The Kier molecular flexibility index (Phi) is 9.37. The first-order valence-electron chi connectivity index (χ1n) is 8.96. The number of hydrogen-bond donors (Lipinski definition) is 2. The van der Waals surface area contributed by atoms with Crippen LogP contribution in [0, 0.1) is 0 Å². The number of benzene rings is 2. The van der Waals surface area contributed by atoms with Crippen molar-refractivity contribution in [3.63, 3.8) is 0 Å². The normalized spacial score (nSPS) is 12.6. The quantitative estimate of drug-likeness (QED) is 0.493. The van der Waals surface area contributed by atoms with Crippen LogP contribution in [-0.4, -0.2) is 37.1 Å². The van der Waals surface area contributed by atoms with E-state index in [4.69, 9.17) is 55.9 Å². The third kappa shape index (κ3) is 7.43. The summed E-state index contributed by atoms with van der Waals surface area (Å²) in [5.74, 6) is -0.00673. The predicted molar refractivity (Wildman–Crippen MR) is 119 cm³/mol. The molecule has 2 atom stereocenters. The van der Waals surface area contributed by atoms with E-state index in [1.165, 1.54) is 12.1 Å². The molecule has 0 bridgehead atoms. The Morgan fingerprint density at radius 3 is 1.47 bits per heavy atom. The van der Waals surface area contributed by atoms with Crippen LogP contribution in [0.15, 0.2) is 36.4 Å². The van der Waals surface area contributed by atoms with Crippen LogP contribution < -0.4 is 20.1 Å². The lowest BCUT2D eigenvalue weighted by molar-refractivity contribution is -0.129. The van der Waals surface area contributed by atoms with Crippen molar-refractivity contribution in [1.82, 2.24) is 10.6 Å². The Hall–Kier alpha value is -1.86. The molecule has 0 heterocycles. The number of ether oxygens (including phenoxy) is 2. The van der Waals surface area contributed by atoms with Crippen LogP contribution in [0.5, 0.6) is 11.5 Å². The van der Waals surface area contributed by atoms with Gasteiger partial charge in [0.15, 0.2) is 12.2 Å². The molecule has 0 aliphatic carbocycles. The van der Waals surface area contributed by atoms with Gasteiger partial charge in [-0.25, -0.2) is 0 Å². The van der Waals surface area contributed by atoms with E-state index < -0.39 is 12.2 Å². The molecule has 30 heavy (non-hydrogen) atoms. The topological polar surface area (TPSA) is 76.7 Å². The van der Waals surface area contributed by atoms with Gasteiger partial charge < -0.3 is 20.1 Å². The molecule has 10 heteroatoms. The average Bonchev–Trinajstić information content (AvgIpc) is 2.68. The van der Waals surface area contributed by atoms with Crippen LogP contribution in [0.25, 0.3) is 0 Å². The molecule has 6 nitrogen and oxygen atoms in total. The second-order valence-corrected chi connectivity index (χ2v) is 7.94. The van der Waals surface area contributed by atoms with Crippen molar-refractivity contribution in [1.29, 1.82) is 0 Å². The van der Waals surface area contributed by atoms with Crippen LogP contribution in [0.2, 0.25) is 20.1 Å². The highest BCUT2D eigenvalue weighted by molar-refractivity contribution is 6.36. The summed E-state index contributed by atoms with van der Waals surface area (Å²) in [6.07, 6.45) is -1.57. The summed E-state index contributed by atoms with van der Waals surface area (Å²) >= 11 is 23.7. The van der Waals surface area contributed by atoms with Gasteiger partial charge in [0, 0.05) is 23.1 Å². The highest BCUT2D eigenvalue weighted by atomic mass is 35.5. The summed E-state index contributed by atoms with van der Waals surface area (Å²) in [4.78, 5) is 24.3. The zero-order valence-corrected chi connectivity index (χ0v) is 19.2. The van der Waals surface area contributed by atoms with Gasteiger partial charge in [0.25, 0.3) is 11.8 Å². The molecule has 0 fully saturated rings. The van der Waals surface area contributed by atoms with Crippen molar-refractivity contribution in [2.75, 3.05) is 13.1 Å². The van der Waals surface area contributed by atoms with Crippen LogP contribution in [0.1, 0.15) is 13.8 Å². The van der Waals surface area contributed by atoms with Crippen molar-refractivity contribution in [2.24, 2.45) is 0 Å². The lowest BCUT2D eigenvalue weighted by atomic mass is 10.3. The molecule has 0 radical (unpaired) electrons. The largest absolute Gasteiger partial charge is 0.479 e. The van der Waals surface area contributed by atoms with E-state index >= 15 is 0 Å². The number of halogens is 4. The molecule has 0 aliphatic rings. The maximum atomic E-state index is 12.1. The highest BCUT2D eigenvalue weighted by Crippen LogP contribution is 2.29. The monoisotopic (exact) mass is 492 g/mol.